The molecule has 3 aromatic heterocycles. The molecule has 14 aromatic rings. The van der Waals surface area contributed by atoms with E-state index in [0.717, 1.165) is 88.6 Å². The largest absolute Gasteiger partial charge is 0.456 e. The van der Waals surface area contributed by atoms with Gasteiger partial charge in [-0.25, -0.2) is 0 Å². The maximum Gasteiger partial charge on any atom is 0.144 e. The molecule has 4 nitrogen and oxygen atoms in total. The zero-order valence-electron chi connectivity index (χ0n) is 43.7. The van der Waals surface area contributed by atoms with Gasteiger partial charge < -0.3 is 18.2 Å². The van der Waals surface area contributed by atoms with Gasteiger partial charge in [-0.3, -0.25) is 0 Å². The predicted octanol–water partition coefficient (Wildman–Crippen LogP) is 20.6. The van der Waals surface area contributed by atoms with E-state index in [-0.39, 0.29) is 16.2 Å². The van der Waals surface area contributed by atoms with E-state index in [1.165, 1.54) is 82.9 Å². The Balaban J connectivity index is 0.883. The van der Waals surface area contributed by atoms with Crippen LogP contribution in [0.2, 0.25) is 0 Å². The van der Waals surface area contributed by atoms with Gasteiger partial charge in [-0.1, -0.05) is 175 Å². The SMILES string of the molecule is CC1(C)c2cc(N(c3ccc4c(c3)C(C)(C)c3c5c(c6oc7ccccc7c6c3-4)-c3ccccc3C5(C)C)c3cccc4ccccc34)ccc2-c2c1cc(-c1ccc3c(c1)oc1ccccc13)c1oc3ccccc3c21. The number of anilines is 3. The van der Waals surface area contributed by atoms with Crippen molar-refractivity contribution in [3.05, 3.63) is 234 Å². The van der Waals surface area contributed by atoms with Crippen molar-refractivity contribution in [2.75, 3.05) is 4.90 Å². The second-order valence-electron chi connectivity index (χ2n) is 23.5. The van der Waals surface area contributed by atoms with Crippen molar-refractivity contribution in [2.24, 2.45) is 0 Å². The number of fused-ring (bicyclic) bond motifs is 23. The number of nitrogens with zero attached hydrogens (tertiary/aromatic N) is 1. The minimum absolute atomic E-state index is 0.244. The van der Waals surface area contributed by atoms with Crippen molar-refractivity contribution in [1.82, 2.24) is 0 Å². The summed E-state index contributed by atoms with van der Waals surface area (Å²) in [5.41, 5.74) is 25.6. The van der Waals surface area contributed by atoms with E-state index in [2.05, 4.69) is 234 Å². The molecule has 0 bridgehead atoms. The van der Waals surface area contributed by atoms with Gasteiger partial charge in [0.25, 0.3) is 0 Å². The minimum atomic E-state index is -0.374. The molecule has 0 spiro atoms. The number of para-hydroxylation sites is 3. The van der Waals surface area contributed by atoms with Gasteiger partial charge >= 0.3 is 0 Å². The highest BCUT2D eigenvalue weighted by molar-refractivity contribution is 6.22. The molecule has 0 radical (unpaired) electrons. The Labute approximate surface area is 445 Å². The molecule has 0 amide bonds. The summed E-state index contributed by atoms with van der Waals surface area (Å²) >= 11 is 0. The maximum absolute atomic E-state index is 7.03. The van der Waals surface area contributed by atoms with Crippen LogP contribution in [0.4, 0.5) is 17.1 Å². The Morgan fingerprint density at radius 1 is 0.325 bits per heavy atom. The molecule has 0 N–H and O–H groups in total. The Bertz CT molecular complexity index is 4970. The van der Waals surface area contributed by atoms with Crippen LogP contribution in [0, 0.1) is 0 Å². The average molecular weight is 990 g/mol. The molecular formula is C73H51NO3. The molecule has 77 heavy (non-hydrogen) atoms. The van der Waals surface area contributed by atoms with Crippen molar-refractivity contribution in [3.8, 4) is 44.5 Å². The van der Waals surface area contributed by atoms with Gasteiger partial charge in [-0.15, -0.1) is 0 Å². The molecule has 366 valence electrons. The van der Waals surface area contributed by atoms with Crippen molar-refractivity contribution >= 4 is 93.7 Å². The van der Waals surface area contributed by atoms with Crippen LogP contribution in [-0.4, -0.2) is 0 Å². The normalized spacial score (nSPS) is 15.2. The summed E-state index contributed by atoms with van der Waals surface area (Å²) in [7, 11) is 0. The molecule has 0 saturated heterocycles. The van der Waals surface area contributed by atoms with Crippen LogP contribution >= 0.6 is 0 Å². The minimum Gasteiger partial charge on any atom is -0.456 e. The van der Waals surface area contributed by atoms with Crippen LogP contribution in [0.5, 0.6) is 0 Å². The lowest BCUT2D eigenvalue weighted by molar-refractivity contribution is 0.600. The van der Waals surface area contributed by atoms with Gasteiger partial charge in [0.15, 0.2) is 0 Å². The Kier molecular flexibility index (Phi) is 8.20. The summed E-state index contributed by atoms with van der Waals surface area (Å²) in [5.74, 6) is 0. The van der Waals surface area contributed by atoms with Gasteiger partial charge in [-0.2, -0.15) is 0 Å². The lowest BCUT2D eigenvalue weighted by atomic mass is 9.72. The maximum atomic E-state index is 7.03. The first-order valence-electron chi connectivity index (χ1n) is 27.1. The van der Waals surface area contributed by atoms with Gasteiger partial charge in [0.1, 0.15) is 33.5 Å². The van der Waals surface area contributed by atoms with E-state index >= 15 is 0 Å². The van der Waals surface area contributed by atoms with E-state index in [9.17, 15) is 0 Å². The van der Waals surface area contributed by atoms with Crippen molar-refractivity contribution < 1.29 is 13.3 Å². The Morgan fingerprint density at radius 2 is 0.857 bits per heavy atom. The first-order valence-corrected chi connectivity index (χ1v) is 27.1. The third-order valence-electron chi connectivity index (χ3n) is 18.4. The summed E-state index contributed by atoms with van der Waals surface area (Å²) in [6, 6.07) is 73.5. The highest BCUT2D eigenvalue weighted by atomic mass is 16.3. The molecular weight excluding hydrogens is 939 g/mol. The molecule has 0 atom stereocenters. The summed E-state index contributed by atoms with van der Waals surface area (Å²) in [4.78, 5) is 2.52. The monoisotopic (exact) mass is 989 g/mol. The highest BCUT2D eigenvalue weighted by Crippen LogP contribution is 2.64. The second kappa shape index (κ2) is 14.6. The molecule has 11 aromatic carbocycles. The summed E-state index contributed by atoms with van der Waals surface area (Å²) < 4.78 is 20.5. The van der Waals surface area contributed by atoms with E-state index in [0.29, 0.717) is 0 Å². The quantitative estimate of drug-likeness (QED) is 0.176. The van der Waals surface area contributed by atoms with Gasteiger partial charge in [-0.05, 0) is 139 Å². The van der Waals surface area contributed by atoms with Crippen LogP contribution in [0.1, 0.15) is 74.9 Å². The summed E-state index contributed by atoms with van der Waals surface area (Å²) in [6.45, 7) is 14.5. The number of benzene rings is 11. The molecule has 17 rings (SSSR count). The topological polar surface area (TPSA) is 42.7 Å². The molecule has 0 fully saturated rings. The van der Waals surface area contributed by atoms with E-state index in [4.69, 9.17) is 13.3 Å². The van der Waals surface area contributed by atoms with Crippen LogP contribution < -0.4 is 4.90 Å². The van der Waals surface area contributed by atoms with E-state index in [1.807, 2.05) is 12.1 Å². The van der Waals surface area contributed by atoms with Crippen LogP contribution in [0.3, 0.4) is 0 Å². The van der Waals surface area contributed by atoms with Crippen molar-refractivity contribution in [2.45, 2.75) is 57.8 Å². The average Bonchev–Trinajstić information content (AvgIpc) is 4.38. The molecule has 3 aliphatic rings. The molecule has 0 saturated carbocycles. The fourth-order valence-corrected chi connectivity index (χ4v) is 14.8. The first-order chi connectivity index (χ1) is 37.5. The Hall–Kier alpha value is -9.12. The summed E-state index contributed by atoms with van der Waals surface area (Å²) in [5, 5.41) is 9.28. The van der Waals surface area contributed by atoms with Crippen LogP contribution in [0.15, 0.2) is 213 Å². The predicted molar refractivity (Wildman–Crippen MR) is 319 cm³/mol. The van der Waals surface area contributed by atoms with Crippen molar-refractivity contribution in [3.63, 3.8) is 0 Å². The first kappa shape index (κ1) is 43.2. The fraction of sp³-hybridized carbons (Fsp3) is 0.123. The third kappa shape index (κ3) is 5.47. The number of hydrogen-bond donors (Lipinski definition) is 0. The van der Waals surface area contributed by atoms with E-state index < -0.39 is 0 Å². The number of hydrogen-bond acceptors (Lipinski definition) is 4. The highest BCUT2D eigenvalue weighted by Gasteiger charge is 2.49. The smallest absolute Gasteiger partial charge is 0.144 e. The van der Waals surface area contributed by atoms with E-state index in [1.54, 1.807) is 0 Å². The third-order valence-corrected chi connectivity index (χ3v) is 18.4. The lowest BCUT2D eigenvalue weighted by Gasteiger charge is -2.32. The van der Waals surface area contributed by atoms with Crippen LogP contribution in [0.25, 0.3) is 121 Å². The number of rotatable bonds is 4. The summed E-state index contributed by atoms with van der Waals surface area (Å²) in [6.07, 6.45) is 0. The lowest BCUT2D eigenvalue weighted by Crippen LogP contribution is -2.24. The van der Waals surface area contributed by atoms with Gasteiger partial charge in [0.2, 0.25) is 0 Å². The Morgan fingerprint density at radius 3 is 1.60 bits per heavy atom. The zero-order chi connectivity index (χ0) is 51.4. The fourth-order valence-electron chi connectivity index (χ4n) is 14.8. The molecule has 0 aliphatic heterocycles. The van der Waals surface area contributed by atoms with Gasteiger partial charge in [0, 0.05) is 76.5 Å². The number of furan rings is 3. The van der Waals surface area contributed by atoms with Crippen molar-refractivity contribution in [1.29, 1.82) is 0 Å². The van der Waals surface area contributed by atoms with Gasteiger partial charge in [0.05, 0.1) is 5.69 Å². The molecule has 3 aliphatic carbocycles. The molecule has 0 unspecified atom stereocenters. The van der Waals surface area contributed by atoms with Crippen LogP contribution in [-0.2, 0) is 16.2 Å². The second-order valence-corrected chi connectivity index (χ2v) is 23.5. The molecule has 3 heterocycles. The standard InChI is InChI=1S/C73H51NO3/c1-71(2)54-37-42(31-34-48(54)62-56(71)39-52(69-64(62)50-23-11-15-28-59(50)76-69)41-30-33-46-45-21-10-14-27-58(45)75-61(46)36-41)74(57-26-17-19-40-18-7-8-20-44(40)57)43-32-35-49-55(38-43)73(5,6)67-63(49)65-51-24-12-16-29-60(51)77-70(65)66-47-22-9-13-25-53(47)72(3,4)68(66)67/h7-39H,1-6H3. The zero-order valence-corrected chi connectivity index (χ0v) is 43.7. The molecule has 4 heteroatoms.